The molecule has 1 fully saturated rings. The highest BCUT2D eigenvalue weighted by Gasteiger charge is 2.24. The highest BCUT2D eigenvalue weighted by atomic mass is 16.5. The fraction of sp³-hybridized carbons (Fsp3) is 0.583. The molecule has 1 aromatic heterocycles. The number of pyridine rings is 1. The first-order valence-electron chi connectivity index (χ1n) is 5.65. The second-order valence-electron chi connectivity index (χ2n) is 4.10. The van der Waals surface area contributed by atoms with Gasteiger partial charge in [0.25, 0.3) is 0 Å². The molecule has 2 heterocycles. The highest BCUT2D eigenvalue weighted by molar-refractivity contribution is 5.29. The molecule has 1 saturated heterocycles. The fourth-order valence-electron chi connectivity index (χ4n) is 2.13. The van der Waals surface area contributed by atoms with Crippen LogP contribution < -0.4 is 10.5 Å². The van der Waals surface area contributed by atoms with Crippen molar-refractivity contribution >= 4 is 0 Å². The van der Waals surface area contributed by atoms with Crippen LogP contribution in [0.15, 0.2) is 18.3 Å². The van der Waals surface area contributed by atoms with Crippen LogP contribution in [0.4, 0.5) is 0 Å². The summed E-state index contributed by atoms with van der Waals surface area (Å²) in [7, 11) is 1.62. The summed E-state index contributed by atoms with van der Waals surface area (Å²) >= 11 is 0. The van der Waals surface area contributed by atoms with Crippen LogP contribution in [0.5, 0.6) is 5.88 Å². The Bertz CT molecular complexity index is 338. The molecule has 0 radical (unpaired) electrons. The summed E-state index contributed by atoms with van der Waals surface area (Å²) in [6.45, 7) is 1.59. The third-order valence-corrected chi connectivity index (χ3v) is 3.06. The summed E-state index contributed by atoms with van der Waals surface area (Å²) in [5.74, 6) is 0.993. The second-order valence-corrected chi connectivity index (χ2v) is 4.10. The largest absolute Gasteiger partial charge is 0.481 e. The molecule has 0 spiro atoms. The zero-order valence-corrected chi connectivity index (χ0v) is 9.56. The van der Waals surface area contributed by atoms with Crippen molar-refractivity contribution in [3.8, 4) is 5.88 Å². The summed E-state index contributed by atoms with van der Waals surface area (Å²) in [5.41, 5.74) is 7.22. The Kier molecular flexibility index (Phi) is 3.74. The van der Waals surface area contributed by atoms with E-state index >= 15 is 0 Å². The van der Waals surface area contributed by atoms with Crippen molar-refractivity contribution in [1.82, 2.24) is 4.98 Å². The number of hydrogen-bond donors (Lipinski definition) is 1. The van der Waals surface area contributed by atoms with Crippen LogP contribution in [0.2, 0.25) is 0 Å². The Morgan fingerprint density at radius 1 is 1.62 bits per heavy atom. The molecule has 0 aliphatic carbocycles. The number of aromatic nitrogens is 1. The van der Waals surface area contributed by atoms with Crippen LogP contribution in [0, 0.1) is 5.92 Å². The van der Waals surface area contributed by atoms with Crippen LogP contribution >= 0.6 is 0 Å². The van der Waals surface area contributed by atoms with E-state index in [1.807, 2.05) is 12.1 Å². The Morgan fingerprint density at radius 3 is 3.19 bits per heavy atom. The fourth-order valence-corrected chi connectivity index (χ4v) is 2.13. The molecule has 0 amide bonds. The standard InChI is InChI=1S/C12H18N2O2/c1-15-12-10(5-2-6-14-12)11(13)9-4-3-7-16-8-9/h2,5-6,9,11H,3-4,7-8,13H2,1H3. The summed E-state index contributed by atoms with van der Waals surface area (Å²) in [5, 5.41) is 0. The molecule has 2 rings (SSSR count). The van der Waals surface area contributed by atoms with Gasteiger partial charge in [0.2, 0.25) is 5.88 Å². The molecule has 16 heavy (non-hydrogen) atoms. The normalized spacial score (nSPS) is 22.8. The molecule has 4 heteroatoms. The second kappa shape index (κ2) is 5.27. The Morgan fingerprint density at radius 2 is 2.50 bits per heavy atom. The number of nitrogens with two attached hydrogens (primary N) is 1. The summed E-state index contributed by atoms with van der Waals surface area (Å²) in [4.78, 5) is 4.17. The number of hydrogen-bond acceptors (Lipinski definition) is 4. The molecule has 2 N–H and O–H groups in total. The summed E-state index contributed by atoms with van der Waals surface area (Å²) < 4.78 is 10.7. The summed E-state index contributed by atoms with van der Waals surface area (Å²) in [6, 6.07) is 3.82. The van der Waals surface area contributed by atoms with Gasteiger partial charge in [-0.15, -0.1) is 0 Å². The lowest BCUT2D eigenvalue weighted by molar-refractivity contribution is 0.0444. The molecule has 2 unspecified atom stereocenters. The van der Waals surface area contributed by atoms with Crippen molar-refractivity contribution in [2.24, 2.45) is 11.7 Å². The van der Waals surface area contributed by atoms with Gasteiger partial charge in [-0.3, -0.25) is 0 Å². The Hall–Kier alpha value is -1.13. The van der Waals surface area contributed by atoms with Crippen LogP contribution in [-0.2, 0) is 4.74 Å². The summed E-state index contributed by atoms with van der Waals surface area (Å²) in [6.07, 6.45) is 3.91. The number of methoxy groups -OCH3 is 1. The van der Waals surface area contributed by atoms with Crippen molar-refractivity contribution in [1.29, 1.82) is 0 Å². The van der Waals surface area contributed by atoms with E-state index in [2.05, 4.69) is 4.98 Å². The zero-order chi connectivity index (χ0) is 11.4. The molecular formula is C12H18N2O2. The smallest absolute Gasteiger partial charge is 0.217 e. The first-order valence-corrected chi connectivity index (χ1v) is 5.65. The average molecular weight is 222 g/mol. The molecule has 88 valence electrons. The molecule has 1 aliphatic heterocycles. The van der Waals surface area contributed by atoms with E-state index < -0.39 is 0 Å². The van der Waals surface area contributed by atoms with E-state index in [1.54, 1.807) is 13.3 Å². The molecule has 4 nitrogen and oxygen atoms in total. The highest BCUT2D eigenvalue weighted by Crippen LogP contribution is 2.30. The van der Waals surface area contributed by atoms with Gasteiger partial charge in [0, 0.05) is 30.3 Å². The molecule has 0 saturated carbocycles. The lowest BCUT2D eigenvalue weighted by Gasteiger charge is -2.28. The van der Waals surface area contributed by atoms with Crippen LogP contribution in [0.25, 0.3) is 0 Å². The lowest BCUT2D eigenvalue weighted by Crippen LogP contribution is -2.29. The minimum Gasteiger partial charge on any atom is -0.481 e. The van der Waals surface area contributed by atoms with Gasteiger partial charge in [-0.25, -0.2) is 4.98 Å². The lowest BCUT2D eigenvalue weighted by atomic mass is 9.90. The van der Waals surface area contributed by atoms with E-state index in [0.717, 1.165) is 31.6 Å². The van der Waals surface area contributed by atoms with E-state index in [1.165, 1.54) is 0 Å². The zero-order valence-electron chi connectivity index (χ0n) is 9.56. The molecule has 0 bridgehead atoms. The van der Waals surface area contributed by atoms with E-state index in [4.69, 9.17) is 15.2 Å². The minimum absolute atomic E-state index is 0.0519. The van der Waals surface area contributed by atoms with Crippen LogP contribution in [0.3, 0.4) is 0 Å². The van der Waals surface area contributed by atoms with Gasteiger partial charge >= 0.3 is 0 Å². The van der Waals surface area contributed by atoms with E-state index in [0.29, 0.717) is 11.8 Å². The maximum Gasteiger partial charge on any atom is 0.217 e. The van der Waals surface area contributed by atoms with E-state index in [9.17, 15) is 0 Å². The van der Waals surface area contributed by atoms with Crippen molar-refractivity contribution in [3.63, 3.8) is 0 Å². The number of ether oxygens (including phenoxy) is 2. The van der Waals surface area contributed by atoms with Gasteiger partial charge in [0.15, 0.2) is 0 Å². The molecule has 0 aromatic carbocycles. The van der Waals surface area contributed by atoms with Crippen LogP contribution in [0.1, 0.15) is 24.4 Å². The van der Waals surface area contributed by atoms with Gasteiger partial charge in [0.05, 0.1) is 13.7 Å². The minimum atomic E-state index is -0.0519. The van der Waals surface area contributed by atoms with Crippen LogP contribution in [-0.4, -0.2) is 25.3 Å². The maximum absolute atomic E-state index is 6.25. The average Bonchev–Trinajstić information content (AvgIpc) is 2.39. The molecule has 2 atom stereocenters. The van der Waals surface area contributed by atoms with Gasteiger partial charge in [0.1, 0.15) is 0 Å². The third-order valence-electron chi connectivity index (χ3n) is 3.06. The predicted molar refractivity (Wildman–Crippen MR) is 61.3 cm³/mol. The first kappa shape index (κ1) is 11.4. The Balaban J connectivity index is 2.15. The number of rotatable bonds is 3. The molecule has 1 aliphatic rings. The van der Waals surface area contributed by atoms with Gasteiger partial charge < -0.3 is 15.2 Å². The van der Waals surface area contributed by atoms with Gasteiger partial charge in [-0.1, -0.05) is 6.07 Å². The predicted octanol–water partition coefficient (Wildman–Crippen LogP) is 1.52. The Labute approximate surface area is 95.8 Å². The SMILES string of the molecule is COc1ncccc1C(N)C1CCCOC1. The monoisotopic (exact) mass is 222 g/mol. The van der Waals surface area contributed by atoms with Gasteiger partial charge in [-0.2, -0.15) is 0 Å². The van der Waals surface area contributed by atoms with Crippen molar-refractivity contribution in [2.45, 2.75) is 18.9 Å². The topological polar surface area (TPSA) is 57.4 Å². The van der Waals surface area contributed by atoms with E-state index in [-0.39, 0.29) is 6.04 Å². The van der Waals surface area contributed by atoms with Gasteiger partial charge in [-0.05, 0) is 18.9 Å². The third kappa shape index (κ3) is 2.33. The molecular weight excluding hydrogens is 204 g/mol. The van der Waals surface area contributed by atoms with Crippen molar-refractivity contribution in [2.75, 3.05) is 20.3 Å². The maximum atomic E-state index is 6.25. The quantitative estimate of drug-likeness (QED) is 0.842. The van der Waals surface area contributed by atoms with Crippen molar-refractivity contribution in [3.05, 3.63) is 23.9 Å². The van der Waals surface area contributed by atoms with Crippen molar-refractivity contribution < 1.29 is 9.47 Å². The number of nitrogens with zero attached hydrogens (tertiary/aromatic N) is 1. The molecule has 1 aromatic rings. The first-order chi connectivity index (χ1) is 7.83.